The second kappa shape index (κ2) is 17.0. The SMILES string of the molecule is CN1CCN(Cc2cccnc2)CC1c1nnn2cc(-c3ccsc3)ccc12.O=C(O)C(F)(F)F.O=C(O)C(F)(F)F.O=C(O)C(F)(F)F. The number of likely N-dealkylation sites (N-methyl/N-ethyl adjacent to an activating group) is 1. The maximum Gasteiger partial charge on any atom is 0.490 e. The predicted molar refractivity (Wildman–Crippen MR) is 152 cm³/mol. The minimum absolute atomic E-state index is 0.231. The highest BCUT2D eigenvalue weighted by atomic mass is 32.1. The Balaban J connectivity index is 0.000000325. The molecule has 1 fully saturated rings. The minimum atomic E-state index is -5.08. The topological polar surface area (TPSA) is 161 Å². The Kier molecular flexibility index (Phi) is 14.0. The zero-order chi connectivity index (χ0) is 37.2. The van der Waals surface area contributed by atoms with Gasteiger partial charge in [-0.25, -0.2) is 18.9 Å². The predicted octanol–water partition coefficient (Wildman–Crippen LogP) is 5.24. The maximum atomic E-state index is 10.6. The first kappa shape index (κ1) is 40.3. The van der Waals surface area contributed by atoms with Crippen LogP contribution in [-0.2, 0) is 20.9 Å². The number of rotatable bonds is 4. The molecule has 268 valence electrons. The fourth-order valence-electron chi connectivity index (χ4n) is 3.87. The lowest BCUT2D eigenvalue weighted by atomic mass is 10.1. The molecule has 4 aromatic heterocycles. The van der Waals surface area contributed by atoms with Gasteiger partial charge in [-0.2, -0.15) is 50.9 Å². The van der Waals surface area contributed by atoms with Crippen LogP contribution in [0.1, 0.15) is 17.3 Å². The van der Waals surface area contributed by atoms with Crippen molar-refractivity contribution in [1.29, 1.82) is 0 Å². The molecular formula is C27H25F9N6O6S. The van der Waals surface area contributed by atoms with E-state index in [4.69, 9.17) is 29.7 Å². The summed E-state index contributed by atoms with van der Waals surface area (Å²) in [5.74, 6) is -8.27. The molecule has 22 heteroatoms. The van der Waals surface area contributed by atoms with Crippen molar-refractivity contribution in [3.05, 3.63) is 70.9 Å². The molecule has 1 aliphatic heterocycles. The Morgan fingerprint density at radius 3 is 1.90 bits per heavy atom. The van der Waals surface area contributed by atoms with Crippen LogP contribution in [0.3, 0.4) is 0 Å². The van der Waals surface area contributed by atoms with Crippen molar-refractivity contribution in [2.24, 2.45) is 0 Å². The molecule has 1 aliphatic rings. The van der Waals surface area contributed by atoms with E-state index in [9.17, 15) is 39.5 Å². The molecule has 4 aromatic rings. The normalized spacial score (nSPS) is 15.5. The van der Waals surface area contributed by atoms with E-state index in [-0.39, 0.29) is 6.04 Å². The lowest BCUT2D eigenvalue weighted by Gasteiger charge is -2.38. The van der Waals surface area contributed by atoms with Crippen LogP contribution < -0.4 is 0 Å². The lowest BCUT2D eigenvalue weighted by molar-refractivity contribution is -0.193. The number of alkyl halides is 9. The van der Waals surface area contributed by atoms with E-state index in [1.807, 2.05) is 23.0 Å². The number of thiophene rings is 1. The summed E-state index contributed by atoms with van der Waals surface area (Å²) >= 11 is 1.71. The zero-order valence-electron chi connectivity index (χ0n) is 24.7. The van der Waals surface area contributed by atoms with Crippen LogP contribution in [0.15, 0.2) is 59.7 Å². The lowest BCUT2D eigenvalue weighted by Crippen LogP contribution is -2.46. The maximum absolute atomic E-state index is 10.6. The van der Waals surface area contributed by atoms with Gasteiger partial charge in [0.2, 0.25) is 0 Å². The summed E-state index contributed by atoms with van der Waals surface area (Å²) in [5, 5.41) is 34.6. The number of halogens is 9. The second-order valence-corrected chi connectivity index (χ2v) is 10.5. The molecule has 0 aromatic carbocycles. The molecule has 0 aliphatic carbocycles. The Morgan fingerprint density at radius 1 is 0.857 bits per heavy atom. The van der Waals surface area contributed by atoms with Gasteiger partial charge in [0.15, 0.2) is 0 Å². The van der Waals surface area contributed by atoms with Gasteiger partial charge in [-0.1, -0.05) is 17.3 Å². The highest BCUT2D eigenvalue weighted by Gasteiger charge is 2.39. The van der Waals surface area contributed by atoms with E-state index in [2.05, 4.69) is 73.4 Å². The van der Waals surface area contributed by atoms with Gasteiger partial charge < -0.3 is 15.3 Å². The van der Waals surface area contributed by atoms with E-state index in [0.29, 0.717) is 0 Å². The van der Waals surface area contributed by atoms with Crippen LogP contribution in [0.25, 0.3) is 16.6 Å². The van der Waals surface area contributed by atoms with Crippen LogP contribution in [0.5, 0.6) is 0 Å². The number of piperazine rings is 1. The molecule has 1 saturated heterocycles. The van der Waals surface area contributed by atoms with Gasteiger partial charge in [-0.15, -0.1) is 5.10 Å². The second-order valence-electron chi connectivity index (χ2n) is 9.74. The zero-order valence-corrected chi connectivity index (χ0v) is 25.6. The summed E-state index contributed by atoms with van der Waals surface area (Å²) in [5.41, 5.74) is 5.77. The molecule has 1 unspecified atom stereocenters. The number of hydrogen-bond acceptors (Lipinski definition) is 9. The van der Waals surface area contributed by atoms with Crippen LogP contribution >= 0.6 is 11.3 Å². The van der Waals surface area contributed by atoms with E-state index in [0.717, 1.165) is 37.4 Å². The first-order chi connectivity index (χ1) is 22.6. The van der Waals surface area contributed by atoms with E-state index in [1.165, 1.54) is 16.7 Å². The van der Waals surface area contributed by atoms with Gasteiger partial charge in [0.25, 0.3) is 0 Å². The first-order valence-corrected chi connectivity index (χ1v) is 14.1. The number of nitrogens with zero attached hydrogens (tertiary/aromatic N) is 6. The average Bonchev–Trinajstić information content (AvgIpc) is 3.69. The van der Waals surface area contributed by atoms with Crippen LogP contribution in [0.2, 0.25) is 0 Å². The molecule has 0 saturated carbocycles. The van der Waals surface area contributed by atoms with Crippen LogP contribution in [-0.4, -0.2) is 108 Å². The fourth-order valence-corrected chi connectivity index (χ4v) is 4.53. The number of carboxylic acid groups (broad SMARTS) is 3. The molecule has 3 N–H and O–H groups in total. The highest BCUT2D eigenvalue weighted by Crippen LogP contribution is 2.29. The number of aromatic nitrogens is 4. The number of carbonyl (C=O) groups is 3. The summed E-state index contributed by atoms with van der Waals surface area (Å²) in [4.78, 5) is 35.8. The fraction of sp³-hybridized carbons (Fsp3) is 0.333. The molecule has 0 amide bonds. The monoisotopic (exact) mass is 732 g/mol. The molecular weight excluding hydrogens is 707 g/mol. The largest absolute Gasteiger partial charge is 0.490 e. The van der Waals surface area contributed by atoms with E-state index in [1.54, 1.807) is 11.3 Å². The van der Waals surface area contributed by atoms with Crippen molar-refractivity contribution in [3.63, 3.8) is 0 Å². The summed E-state index contributed by atoms with van der Waals surface area (Å²) in [6.45, 7) is 3.91. The molecule has 1 atom stereocenters. The number of hydrogen-bond donors (Lipinski definition) is 3. The van der Waals surface area contributed by atoms with Crippen molar-refractivity contribution in [2.45, 2.75) is 31.1 Å². The average molecular weight is 733 g/mol. The quantitative estimate of drug-likeness (QED) is 0.236. The Labute approximate surface area is 273 Å². The third-order valence-corrected chi connectivity index (χ3v) is 6.88. The van der Waals surface area contributed by atoms with Gasteiger partial charge in [-0.3, -0.25) is 14.8 Å². The Hall–Kier alpha value is -4.83. The summed E-state index contributed by atoms with van der Waals surface area (Å²) in [6.07, 6.45) is -9.40. The van der Waals surface area contributed by atoms with Crippen molar-refractivity contribution in [1.82, 2.24) is 29.6 Å². The van der Waals surface area contributed by atoms with Crippen molar-refractivity contribution in [2.75, 3.05) is 26.7 Å². The van der Waals surface area contributed by atoms with Crippen molar-refractivity contribution < 1.29 is 69.2 Å². The van der Waals surface area contributed by atoms with Gasteiger partial charge >= 0.3 is 36.4 Å². The number of pyridine rings is 2. The standard InChI is InChI=1S/C21H22N6S.3C2HF3O2/c1-25-8-9-26(12-16-3-2-7-22-11-16)14-20(25)21-19-5-4-17(13-27(19)24-23-21)18-6-10-28-15-18;3*3-2(4,5)1(6)7/h2-7,10-11,13,15,20H,8-9,12,14H2,1H3;3*(H,6,7). The molecule has 0 bridgehead atoms. The van der Waals surface area contributed by atoms with Gasteiger partial charge in [-0.05, 0) is 47.1 Å². The first-order valence-electron chi connectivity index (χ1n) is 13.2. The molecule has 0 spiro atoms. The minimum Gasteiger partial charge on any atom is -0.475 e. The number of fused-ring (bicyclic) bond motifs is 1. The van der Waals surface area contributed by atoms with Gasteiger partial charge in [0.1, 0.15) is 5.69 Å². The summed E-state index contributed by atoms with van der Waals surface area (Å²) < 4.78 is 97.1. The Bertz CT molecular complexity index is 1610. The van der Waals surface area contributed by atoms with Crippen LogP contribution in [0, 0.1) is 0 Å². The van der Waals surface area contributed by atoms with Gasteiger partial charge in [0.05, 0.1) is 11.6 Å². The smallest absolute Gasteiger partial charge is 0.475 e. The molecule has 12 nitrogen and oxygen atoms in total. The molecule has 49 heavy (non-hydrogen) atoms. The molecule has 0 radical (unpaired) electrons. The van der Waals surface area contributed by atoms with Crippen molar-refractivity contribution >= 4 is 34.8 Å². The van der Waals surface area contributed by atoms with Crippen molar-refractivity contribution in [3.8, 4) is 11.1 Å². The Morgan fingerprint density at radius 2 is 1.43 bits per heavy atom. The third kappa shape index (κ3) is 12.9. The third-order valence-electron chi connectivity index (χ3n) is 6.20. The molecule has 5 heterocycles. The number of aliphatic carboxylic acids is 3. The van der Waals surface area contributed by atoms with Gasteiger partial charge in [0, 0.05) is 50.3 Å². The highest BCUT2D eigenvalue weighted by molar-refractivity contribution is 7.08. The summed E-state index contributed by atoms with van der Waals surface area (Å²) in [6, 6.07) is 10.8. The van der Waals surface area contributed by atoms with E-state index < -0.39 is 36.4 Å². The van der Waals surface area contributed by atoms with Crippen LogP contribution in [0.4, 0.5) is 39.5 Å². The van der Waals surface area contributed by atoms with E-state index >= 15 is 0 Å². The molecule has 5 rings (SSSR count). The summed E-state index contributed by atoms with van der Waals surface area (Å²) in [7, 11) is 2.18. The number of carboxylic acids is 3.